The molecular weight excluding hydrogens is 232 g/mol. The molecule has 0 atom stereocenters. The molecule has 0 saturated heterocycles. The number of benzene rings is 1. The average molecular weight is 246 g/mol. The van der Waals surface area contributed by atoms with Crippen molar-refractivity contribution in [3.05, 3.63) is 35.9 Å². The number of hydrogen-bond acceptors (Lipinski definition) is 4. The summed E-state index contributed by atoms with van der Waals surface area (Å²) in [4.78, 5) is 22.7. The molecule has 0 unspecified atom stereocenters. The van der Waals surface area contributed by atoms with E-state index in [-0.39, 0.29) is 0 Å². The Labute approximate surface area is 106 Å². The molecule has 0 bridgehead atoms. The number of rotatable bonds is 3. The van der Waals surface area contributed by atoms with E-state index in [4.69, 9.17) is 0 Å². The van der Waals surface area contributed by atoms with Crippen LogP contribution in [0.25, 0.3) is 0 Å². The first kappa shape index (κ1) is 13.8. The SMILES string of the molecule is COC(=O)C(C#CCc1ccccc1)C(=O)OC. The van der Waals surface area contributed by atoms with E-state index in [0.717, 1.165) is 5.56 Å². The molecule has 0 aromatic heterocycles. The van der Waals surface area contributed by atoms with Crippen LogP contribution in [0.5, 0.6) is 0 Å². The van der Waals surface area contributed by atoms with E-state index in [2.05, 4.69) is 21.3 Å². The molecule has 18 heavy (non-hydrogen) atoms. The highest BCUT2D eigenvalue weighted by Crippen LogP contribution is 2.02. The lowest BCUT2D eigenvalue weighted by Gasteiger charge is -2.05. The predicted molar refractivity (Wildman–Crippen MR) is 65.4 cm³/mol. The molecule has 0 spiro atoms. The second-order valence-corrected chi connectivity index (χ2v) is 3.46. The van der Waals surface area contributed by atoms with Gasteiger partial charge in [0, 0.05) is 6.42 Å². The van der Waals surface area contributed by atoms with Crippen molar-refractivity contribution in [2.75, 3.05) is 14.2 Å². The molecular formula is C14H14O4. The first-order valence-corrected chi connectivity index (χ1v) is 5.37. The van der Waals surface area contributed by atoms with Crippen molar-refractivity contribution in [3.8, 4) is 11.8 Å². The first-order chi connectivity index (χ1) is 8.69. The molecule has 4 heteroatoms. The first-order valence-electron chi connectivity index (χ1n) is 5.37. The fourth-order valence-electron chi connectivity index (χ4n) is 1.30. The van der Waals surface area contributed by atoms with E-state index in [1.54, 1.807) is 0 Å². The van der Waals surface area contributed by atoms with Crippen LogP contribution in [-0.4, -0.2) is 26.2 Å². The lowest BCUT2D eigenvalue weighted by atomic mass is 10.1. The Hall–Kier alpha value is -2.28. The van der Waals surface area contributed by atoms with Gasteiger partial charge in [-0.2, -0.15) is 0 Å². The van der Waals surface area contributed by atoms with Gasteiger partial charge in [-0.15, -0.1) is 0 Å². The Morgan fingerprint density at radius 1 is 1.11 bits per heavy atom. The number of methoxy groups -OCH3 is 2. The fraction of sp³-hybridized carbons (Fsp3) is 0.286. The zero-order chi connectivity index (χ0) is 13.4. The summed E-state index contributed by atoms with van der Waals surface area (Å²) in [5.41, 5.74) is 1.01. The Balaban J connectivity index is 2.73. The van der Waals surface area contributed by atoms with E-state index in [0.29, 0.717) is 6.42 Å². The Kier molecular flexibility index (Phi) is 5.46. The van der Waals surface area contributed by atoms with Crippen LogP contribution >= 0.6 is 0 Å². The van der Waals surface area contributed by atoms with Gasteiger partial charge < -0.3 is 9.47 Å². The van der Waals surface area contributed by atoms with Crippen LogP contribution in [-0.2, 0) is 25.5 Å². The second kappa shape index (κ2) is 7.13. The fourth-order valence-corrected chi connectivity index (χ4v) is 1.30. The van der Waals surface area contributed by atoms with Crippen LogP contribution in [0.2, 0.25) is 0 Å². The van der Waals surface area contributed by atoms with Gasteiger partial charge >= 0.3 is 11.9 Å². The van der Waals surface area contributed by atoms with Crippen molar-refractivity contribution < 1.29 is 19.1 Å². The standard InChI is InChI=1S/C14H14O4/c1-17-13(15)12(14(16)18-2)10-6-9-11-7-4-3-5-8-11/h3-5,7-8,12H,9H2,1-2H3. The Bertz CT molecular complexity index is 452. The second-order valence-electron chi connectivity index (χ2n) is 3.46. The molecule has 4 nitrogen and oxygen atoms in total. The molecule has 94 valence electrons. The molecule has 0 aliphatic rings. The van der Waals surface area contributed by atoms with E-state index in [9.17, 15) is 9.59 Å². The van der Waals surface area contributed by atoms with Crippen LogP contribution in [0.4, 0.5) is 0 Å². The van der Waals surface area contributed by atoms with Crippen LogP contribution in [0.1, 0.15) is 5.56 Å². The van der Waals surface area contributed by atoms with E-state index in [1.165, 1.54) is 14.2 Å². The van der Waals surface area contributed by atoms with Gasteiger partial charge in [-0.1, -0.05) is 42.2 Å². The number of carbonyl (C=O) groups excluding carboxylic acids is 2. The summed E-state index contributed by atoms with van der Waals surface area (Å²) in [5.74, 6) is 2.76. The lowest BCUT2D eigenvalue weighted by molar-refractivity contribution is -0.155. The summed E-state index contributed by atoms with van der Waals surface area (Å²) in [6.07, 6.45) is 0.464. The molecule has 0 saturated carbocycles. The lowest BCUT2D eigenvalue weighted by Crippen LogP contribution is -2.25. The van der Waals surface area contributed by atoms with Crippen LogP contribution < -0.4 is 0 Å². The molecule has 0 heterocycles. The third-order valence-electron chi connectivity index (χ3n) is 2.26. The van der Waals surface area contributed by atoms with Crippen molar-refractivity contribution in [3.63, 3.8) is 0 Å². The summed E-state index contributed by atoms with van der Waals surface area (Å²) in [7, 11) is 2.41. The van der Waals surface area contributed by atoms with Crippen LogP contribution in [0, 0.1) is 17.8 Å². The minimum atomic E-state index is -1.18. The van der Waals surface area contributed by atoms with Gasteiger partial charge in [0.05, 0.1) is 14.2 Å². The summed E-state index contributed by atoms with van der Waals surface area (Å²) >= 11 is 0. The molecule has 1 aromatic rings. The smallest absolute Gasteiger partial charge is 0.332 e. The summed E-state index contributed by atoms with van der Waals surface area (Å²) in [5, 5.41) is 0. The molecule has 0 aliphatic carbocycles. The highest BCUT2D eigenvalue weighted by atomic mass is 16.5. The van der Waals surface area contributed by atoms with E-state index >= 15 is 0 Å². The minimum Gasteiger partial charge on any atom is -0.468 e. The number of esters is 2. The molecule has 0 radical (unpaired) electrons. The highest BCUT2D eigenvalue weighted by molar-refractivity contribution is 5.98. The Morgan fingerprint density at radius 2 is 1.67 bits per heavy atom. The molecule has 0 fully saturated rings. The third-order valence-corrected chi connectivity index (χ3v) is 2.26. The third kappa shape index (κ3) is 3.95. The molecule has 0 amide bonds. The van der Waals surface area contributed by atoms with E-state index in [1.807, 2.05) is 30.3 Å². The van der Waals surface area contributed by atoms with Crippen molar-refractivity contribution >= 4 is 11.9 Å². The summed E-state index contributed by atoms with van der Waals surface area (Å²) in [6.45, 7) is 0. The van der Waals surface area contributed by atoms with Gasteiger partial charge in [0.2, 0.25) is 5.92 Å². The Morgan fingerprint density at radius 3 is 2.17 bits per heavy atom. The monoisotopic (exact) mass is 246 g/mol. The highest BCUT2D eigenvalue weighted by Gasteiger charge is 2.26. The topological polar surface area (TPSA) is 52.6 Å². The van der Waals surface area contributed by atoms with Crippen molar-refractivity contribution in [2.24, 2.45) is 5.92 Å². The van der Waals surface area contributed by atoms with Gasteiger partial charge in [0.25, 0.3) is 0 Å². The minimum absolute atomic E-state index is 0.464. The number of hydrogen-bond donors (Lipinski definition) is 0. The zero-order valence-corrected chi connectivity index (χ0v) is 10.3. The largest absolute Gasteiger partial charge is 0.468 e. The maximum atomic E-state index is 11.3. The van der Waals surface area contributed by atoms with Gasteiger partial charge in [0.1, 0.15) is 0 Å². The zero-order valence-electron chi connectivity index (χ0n) is 10.3. The maximum Gasteiger partial charge on any atom is 0.332 e. The van der Waals surface area contributed by atoms with Gasteiger partial charge in [-0.25, -0.2) is 0 Å². The van der Waals surface area contributed by atoms with Crippen LogP contribution in [0.3, 0.4) is 0 Å². The van der Waals surface area contributed by atoms with Gasteiger partial charge in [-0.05, 0) is 5.56 Å². The summed E-state index contributed by atoms with van der Waals surface area (Å²) < 4.78 is 8.99. The average Bonchev–Trinajstić information content (AvgIpc) is 2.43. The summed E-state index contributed by atoms with van der Waals surface area (Å²) in [6, 6.07) is 9.53. The predicted octanol–water partition coefficient (Wildman–Crippen LogP) is 1.19. The van der Waals surface area contributed by atoms with Crippen molar-refractivity contribution in [2.45, 2.75) is 6.42 Å². The van der Waals surface area contributed by atoms with Crippen LogP contribution in [0.15, 0.2) is 30.3 Å². The molecule has 0 N–H and O–H groups in total. The number of carbonyl (C=O) groups is 2. The number of ether oxygens (including phenoxy) is 2. The molecule has 1 rings (SSSR count). The van der Waals surface area contributed by atoms with Crippen molar-refractivity contribution in [1.82, 2.24) is 0 Å². The quantitative estimate of drug-likeness (QED) is 0.457. The maximum absolute atomic E-state index is 11.3. The van der Waals surface area contributed by atoms with Gasteiger partial charge in [0.15, 0.2) is 0 Å². The normalized spacial score (nSPS) is 9.28. The van der Waals surface area contributed by atoms with E-state index < -0.39 is 17.9 Å². The van der Waals surface area contributed by atoms with Gasteiger partial charge in [-0.3, -0.25) is 9.59 Å². The molecule has 0 aliphatic heterocycles. The van der Waals surface area contributed by atoms with Crippen molar-refractivity contribution in [1.29, 1.82) is 0 Å². The molecule has 1 aromatic carbocycles.